The van der Waals surface area contributed by atoms with E-state index in [9.17, 15) is 14.7 Å². The smallest absolute Gasteiger partial charge is 0.354 e. The fraction of sp³-hybridized carbons (Fsp3) is 0.500. The van der Waals surface area contributed by atoms with Crippen LogP contribution in [0.3, 0.4) is 0 Å². The maximum atomic E-state index is 12.4. The monoisotopic (exact) mass is 294 g/mol. The Balaban J connectivity index is 2.16. The lowest BCUT2D eigenvalue weighted by atomic mass is 10.0. The van der Waals surface area contributed by atoms with Crippen molar-refractivity contribution in [3.63, 3.8) is 0 Å². The molecule has 1 saturated heterocycles. The second kappa shape index (κ2) is 5.79. The van der Waals surface area contributed by atoms with Gasteiger partial charge in [0.05, 0.1) is 23.9 Å². The van der Waals surface area contributed by atoms with Crippen molar-refractivity contribution in [1.82, 2.24) is 9.88 Å². The Bertz CT molecular complexity index is 541. The maximum Gasteiger partial charge on any atom is 0.354 e. The number of rotatable bonds is 3. The number of morpholine rings is 1. The average molecular weight is 294 g/mol. The largest absolute Gasteiger partial charge is 0.477 e. The Kier molecular flexibility index (Phi) is 4.24. The Morgan fingerprint density at radius 1 is 1.48 bits per heavy atom. The van der Waals surface area contributed by atoms with Crippen LogP contribution in [0.25, 0.3) is 0 Å². The summed E-state index contributed by atoms with van der Waals surface area (Å²) in [6.07, 6.45) is 0.825. The molecule has 0 saturated carbocycles. The van der Waals surface area contributed by atoms with Crippen molar-refractivity contribution in [3.05, 3.63) is 29.6 Å². The summed E-state index contributed by atoms with van der Waals surface area (Å²) in [5.41, 5.74) is -0.341. The van der Waals surface area contributed by atoms with Crippen molar-refractivity contribution in [2.45, 2.75) is 25.6 Å². The van der Waals surface area contributed by atoms with Crippen LogP contribution in [0.4, 0.5) is 0 Å². The Hall–Kier alpha value is -1.99. The summed E-state index contributed by atoms with van der Waals surface area (Å²) in [6, 6.07) is 2.74. The third-order valence-corrected chi connectivity index (χ3v) is 3.20. The maximum absolute atomic E-state index is 12.4. The number of carboxylic acids is 1. The number of aromatic nitrogens is 1. The van der Waals surface area contributed by atoms with Crippen LogP contribution in [0.1, 0.15) is 34.7 Å². The van der Waals surface area contributed by atoms with Crippen LogP contribution in [0, 0.1) is 0 Å². The quantitative estimate of drug-likeness (QED) is 0.836. The molecule has 0 aromatic carbocycles. The Morgan fingerprint density at radius 2 is 2.19 bits per heavy atom. The predicted molar refractivity (Wildman–Crippen MR) is 73.1 cm³/mol. The molecule has 2 heterocycles. The molecule has 0 radical (unpaired) electrons. The van der Waals surface area contributed by atoms with Crippen molar-refractivity contribution in [3.8, 4) is 0 Å². The van der Waals surface area contributed by atoms with E-state index >= 15 is 0 Å². The number of amides is 1. The Labute approximate surface area is 122 Å². The van der Waals surface area contributed by atoms with E-state index in [0.717, 1.165) is 0 Å². The van der Waals surface area contributed by atoms with Crippen molar-refractivity contribution in [1.29, 1.82) is 0 Å². The van der Waals surface area contributed by atoms with Crippen LogP contribution < -0.4 is 0 Å². The number of carbonyl (C=O) groups excluding carboxylic acids is 1. The summed E-state index contributed by atoms with van der Waals surface area (Å²) < 4.78 is 5.65. The summed E-state index contributed by atoms with van der Waals surface area (Å²) in [4.78, 5) is 28.5. The normalized spacial score (nSPS) is 21.1. The fourth-order valence-electron chi connectivity index (χ4n) is 2.37. The van der Waals surface area contributed by atoms with Gasteiger partial charge in [-0.15, -0.1) is 0 Å². The third kappa shape index (κ3) is 3.56. The standard InChI is InChI=1S/C14H18N2O5/c1-14(2)8-16(6-10(7-17)21-14)12(18)9-3-4-11(13(19)20)15-5-9/h3-5,10,17H,6-8H2,1-2H3,(H,19,20). The third-order valence-electron chi connectivity index (χ3n) is 3.20. The number of carboxylic acid groups (broad SMARTS) is 1. The van der Waals surface area contributed by atoms with Gasteiger partial charge < -0.3 is 19.8 Å². The van der Waals surface area contributed by atoms with E-state index in [1.54, 1.807) is 4.90 Å². The van der Waals surface area contributed by atoms with Gasteiger partial charge in [-0.25, -0.2) is 9.78 Å². The number of ether oxygens (including phenoxy) is 1. The van der Waals surface area contributed by atoms with Gasteiger partial charge >= 0.3 is 5.97 Å². The minimum Gasteiger partial charge on any atom is -0.477 e. The topological polar surface area (TPSA) is 100.0 Å². The average Bonchev–Trinajstić information content (AvgIpc) is 2.44. The van der Waals surface area contributed by atoms with Gasteiger partial charge in [-0.05, 0) is 26.0 Å². The molecule has 21 heavy (non-hydrogen) atoms. The van der Waals surface area contributed by atoms with Gasteiger partial charge in [-0.3, -0.25) is 4.79 Å². The molecule has 0 aliphatic carbocycles. The molecule has 1 amide bonds. The first-order valence-electron chi connectivity index (χ1n) is 6.60. The van der Waals surface area contributed by atoms with Gasteiger partial charge in [0.15, 0.2) is 0 Å². The van der Waals surface area contributed by atoms with E-state index in [2.05, 4.69) is 4.98 Å². The molecule has 1 aromatic rings. The highest BCUT2D eigenvalue weighted by Crippen LogP contribution is 2.22. The van der Waals surface area contributed by atoms with E-state index in [1.165, 1.54) is 18.3 Å². The number of pyridine rings is 1. The molecule has 2 rings (SSSR count). The minimum atomic E-state index is -1.14. The number of hydrogen-bond acceptors (Lipinski definition) is 5. The highest BCUT2D eigenvalue weighted by Gasteiger charge is 2.35. The van der Waals surface area contributed by atoms with Crippen molar-refractivity contribution < 1.29 is 24.5 Å². The van der Waals surface area contributed by atoms with E-state index < -0.39 is 17.7 Å². The molecule has 7 heteroatoms. The molecule has 0 spiro atoms. The van der Waals surface area contributed by atoms with Gasteiger partial charge in [0.2, 0.25) is 0 Å². The SMILES string of the molecule is CC1(C)CN(C(=O)c2ccc(C(=O)O)nc2)CC(CO)O1. The molecule has 114 valence electrons. The van der Waals surface area contributed by atoms with Gasteiger partial charge in [0.25, 0.3) is 5.91 Å². The lowest BCUT2D eigenvalue weighted by molar-refractivity contribution is -0.139. The lowest BCUT2D eigenvalue weighted by Gasteiger charge is -2.42. The first kappa shape index (κ1) is 15.4. The van der Waals surface area contributed by atoms with E-state index in [0.29, 0.717) is 18.7 Å². The molecular formula is C14H18N2O5. The number of carbonyl (C=O) groups is 2. The summed E-state index contributed by atoms with van der Waals surface area (Å²) in [5.74, 6) is -1.39. The van der Waals surface area contributed by atoms with Crippen LogP contribution in [0.15, 0.2) is 18.3 Å². The summed E-state index contributed by atoms with van der Waals surface area (Å²) in [7, 11) is 0. The zero-order valence-corrected chi connectivity index (χ0v) is 11.9. The zero-order valence-electron chi connectivity index (χ0n) is 11.9. The molecular weight excluding hydrogens is 276 g/mol. The minimum absolute atomic E-state index is 0.109. The first-order chi connectivity index (χ1) is 9.82. The van der Waals surface area contributed by atoms with Crippen LogP contribution in [-0.4, -0.2) is 63.4 Å². The molecule has 1 unspecified atom stereocenters. The Morgan fingerprint density at radius 3 is 2.71 bits per heavy atom. The number of aliphatic hydroxyl groups excluding tert-OH is 1. The number of nitrogens with zero attached hydrogens (tertiary/aromatic N) is 2. The van der Waals surface area contributed by atoms with Gasteiger partial charge in [0.1, 0.15) is 5.69 Å². The van der Waals surface area contributed by atoms with Crippen LogP contribution in [0.5, 0.6) is 0 Å². The molecule has 1 atom stereocenters. The molecule has 1 fully saturated rings. The van der Waals surface area contributed by atoms with E-state index in [1.807, 2.05) is 13.8 Å². The van der Waals surface area contributed by atoms with E-state index in [-0.39, 0.29) is 18.2 Å². The van der Waals surface area contributed by atoms with Gasteiger partial charge in [-0.1, -0.05) is 0 Å². The van der Waals surface area contributed by atoms with Gasteiger partial charge in [0, 0.05) is 19.3 Å². The van der Waals surface area contributed by atoms with Crippen LogP contribution in [-0.2, 0) is 4.74 Å². The number of hydrogen-bond donors (Lipinski definition) is 2. The second-order valence-electron chi connectivity index (χ2n) is 5.61. The van der Waals surface area contributed by atoms with E-state index in [4.69, 9.17) is 9.84 Å². The summed E-state index contributed by atoms with van der Waals surface area (Å²) in [5, 5.41) is 18.0. The fourth-order valence-corrected chi connectivity index (χ4v) is 2.37. The molecule has 0 bridgehead atoms. The molecule has 7 nitrogen and oxygen atoms in total. The van der Waals surface area contributed by atoms with Crippen molar-refractivity contribution >= 4 is 11.9 Å². The second-order valence-corrected chi connectivity index (χ2v) is 5.61. The predicted octanol–water partition coefficient (Wildman–Crippen LogP) is 0.392. The van der Waals surface area contributed by atoms with Crippen molar-refractivity contribution in [2.24, 2.45) is 0 Å². The lowest BCUT2D eigenvalue weighted by Crippen LogP contribution is -2.55. The van der Waals surface area contributed by atoms with Crippen LogP contribution in [0.2, 0.25) is 0 Å². The molecule has 2 N–H and O–H groups in total. The first-order valence-corrected chi connectivity index (χ1v) is 6.60. The van der Waals surface area contributed by atoms with Gasteiger partial charge in [-0.2, -0.15) is 0 Å². The highest BCUT2D eigenvalue weighted by molar-refractivity contribution is 5.95. The summed E-state index contributed by atoms with van der Waals surface area (Å²) >= 11 is 0. The van der Waals surface area contributed by atoms with Crippen LogP contribution >= 0.6 is 0 Å². The number of aromatic carboxylic acids is 1. The number of aliphatic hydroxyl groups is 1. The zero-order chi connectivity index (χ0) is 15.6. The summed E-state index contributed by atoms with van der Waals surface area (Å²) in [6.45, 7) is 4.22. The van der Waals surface area contributed by atoms with Crippen molar-refractivity contribution in [2.75, 3.05) is 19.7 Å². The highest BCUT2D eigenvalue weighted by atomic mass is 16.5. The molecule has 1 aliphatic rings. The molecule has 1 aliphatic heterocycles. The molecule has 1 aromatic heterocycles.